The van der Waals surface area contributed by atoms with E-state index in [1.54, 1.807) is 0 Å². The number of rotatable bonds is 5. The van der Waals surface area contributed by atoms with E-state index in [4.69, 9.17) is 0 Å². The van der Waals surface area contributed by atoms with Gasteiger partial charge in [-0.15, -0.1) is 0 Å². The number of aliphatic carboxylic acids is 1. The van der Waals surface area contributed by atoms with Gasteiger partial charge in [-0.1, -0.05) is 20.3 Å². The SMILES string of the molecule is CCC1CCC(C(=O)O)(N(CC)C2CC2)CC1. The molecule has 0 aliphatic heterocycles. The van der Waals surface area contributed by atoms with Crippen molar-refractivity contribution in [2.75, 3.05) is 6.54 Å². The molecule has 1 N–H and O–H groups in total. The minimum atomic E-state index is -0.583. The molecule has 2 saturated carbocycles. The van der Waals surface area contributed by atoms with Gasteiger partial charge in [-0.3, -0.25) is 9.69 Å². The van der Waals surface area contributed by atoms with Crippen LogP contribution in [0.25, 0.3) is 0 Å². The third-order valence-corrected chi connectivity index (χ3v) is 4.79. The predicted molar refractivity (Wildman–Crippen MR) is 68.0 cm³/mol. The zero-order chi connectivity index (χ0) is 12.5. The summed E-state index contributed by atoms with van der Waals surface area (Å²) in [5.41, 5.74) is -0.540. The van der Waals surface area contributed by atoms with Crippen LogP contribution in [0.1, 0.15) is 58.8 Å². The number of carbonyl (C=O) groups is 1. The maximum absolute atomic E-state index is 11.8. The molecule has 3 nitrogen and oxygen atoms in total. The van der Waals surface area contributed by atoms with Crippen LogP contribution in [0, 0.1) is 5.92 Å². The van der Waals surface area contributed by atoms with E-state index in [1.165, 1.54) is 19.3 Å². The van der Waals surface area contributed by atoms with E-state index in [2.05, 4.69) is 18.7 Å². The normalized spacial score (nSPS) is 33.9. The Kier molecular flexibility index (Phi) is 3.76. The van der Waals surface area contributed by atoms with Gasteiger partial charge in [-0.2, -0.15) is 0 Å². The van der Waals surface area contributed by atoms with Crippen LogP contribution in [0.3, 0.4) is 0 Å². The second kappa shape index (κ2) is 4.97. The van der Waals surface area contributed by atoms with Crippen molar-refractivity contribution >= 4 is 5.97 Å². The van der Waals surface area contributed by atoms with Crippen LogP contribution in [0.2, 0.25) is 0 Å². The average molecular weight is 239 g/mol. The molecular formula is C14H25NO2. The molecule has 17 heavy (non-hydrogen) atoms. The van der Waals surface area contributed by atoms with E-state index in [0.717, 1.165) is 38.1 Å². The van der Waals surface area contributed by atoms with Gasteiger partial charge >= 0.3 is 5.97 Å². The van der Waals surface area contributed by atoms with Crippen molar-refractivity contribution in [1.29, 1.82) is 0 Å². The summed E-state index contributed by atoms with van der Waals surface area (Å²) in [5, 5.41) is 9.68. The Labute approximate surface area is 104 Å². The molecule has 0 aromatic rings. The zero-order valence-corrected chi connectivity index (χ0v) is 11.1. The molecule has 0 aromatic carbocycles. The third-order valence-electron chi connectivity index (χ3n) is 4.79. The summed E-state index contributed by atoms with van der Waals surface area (Å²) in [6, 6.07) is 0.550. The highest BCUT2D eigenvalue weighted by Crippen LogP contribution is 2.43. The molecule has 0 saturated heterocycles. The molecular weight excluding hydrogens is 214 g/mol. The molecule has 0 bridgehead atoms. The molecule has 2 rings (SSSR count). The van der Waals surface area contributed by atoms with Crippen molar-refractivity contribution < 1.29 is 9.90 Å². The quantitative estimate of drug-likeness (QED) is 0.802. The van der Waals surface area contributed by atoms with Gasteiger partial charge < -0.3 is 5.11 Å². The van der Waals surface area contributed by atoms with Crippen LogP contribution in [0.15, 0.2) is 0 Å². The van der Waals surface area contributed by atoms with Gasteiger partial charge in [0.1, 0.15) is 5.54 Å². The highest BCUT2D eigenvalue weighted by molar-refractivity contribution is 5.79. The van der Waals surface area contributed by atoms with E-state index < -0.39 is 11.5 Å². The van der Waals surface area contributed by atoms with Crippen LogP contribution in [0.5, 0.6) is 0 Å². The molecule has 0 radical (unpaired) electrons. The van der Waals surface area contributed by atoms with Gasteiger partial charge in [-0.05, 0) is 51.0 Å². The van der Waals surface area contributed by atoms with Crippen molar-refractivity contribution in [2.24, 2.45) is 5.92 Å². The third kappa shape index (κ3) is 2.35. The maximum atomic E-state index is 11.8. The fourth-order valence-electron chi connectivity index (χ4n) is 3.48. The summed E-state index contributed by atoms with van der Waals surface area (Å²) in [7, 11) is 0. The Balaban J connectivity index is 2.12. The number of carboxylic acids is 1. The zero-order valence-electron chi connectivity index (χ0n) is 11.1. The van der Waals surface area contributed by atoms with Crippen molar-refractivity contribution in [3.05, 3.63) is 0 Å². The van der Waals surface area contributed by atoms with E-state index in [-0.39, 0.29) is 0 Å². The summed E-state index contributed by atoms with van der Waals surface area (Å²) >= 11 is 0. The van der Waals surface area contributed by atoms with Crippen LogP contribution in [-0.2, 0) is 4.79 Å². The minimum Gasteiger partial charge on any atom is -0.480 e. The number of nitrogens with zero attached hydrogens (tertiary/aromatic N) is 1. The van der Waals surface area contributed by atoms with Gasteiger partial charge in [0.05, 0.1) is 0 Å². The number of likely N-dealkylation sites (N-methyl/N-ethyl adjacent to an activating group) is 1. The van der Waals surface area contributed by atoms with Gasteiger partial charge in [0.15, 0.2) is 0 Å². The summed E-state index contributed by atoms with van der Waals surface area (Å²) in [6.07, 6.45) is 7.47. The lowest BCUT2D eigenvalue weighted by molar-refractivity contribution is -0.155. The van der Waals surface area contributed by atoms with Crippen molar-refractivity contribution in [3.63, 3.8) is 0 Å². The summed E-state index contributed by atoms with van der Waals surface area (Å²) in [4.78, 5) is 14.0. The molecule has 2 aliphatic rings. The Bertz CT molecular complexity index is 278. The van der Waals surface area contributed by atoms with Gasteiger partial charge in [0.25, 0.3) is 0 Å². The topological polar surface area (TPSA) is 40.5 Å². The Morgan fingerprint density at radius 1 is 1.24 bits per heavy atom. The lowest BCUT2D eigenvalue weighted by Gasteiger charge is -2.44. The first-order chi connectivity index (χ1) is 8.14. The first-order valence-corrected chi connectivity index (χ1v) is 7.14. The fraction of sp³-hybridized carbons (Fsp3) is 0.929. The second-order valence-corrected chi connectivity index (χ2v) is 5.71. The van der Waals surface area contributed by atoms with Crippen molar-refractivity contribution in [2.45, 2.75) is 70.4 Å². The average Bonchev–Trinajstić information content (AvgIpc) is 3.15. The van der Waals surface area contributed by atoms with Crippen LogP contribution >= 0.6 is 0 Å². The largest absolute Gasteiger partial charge is 0.480 e. The molecule has 0 atom stereocenters. The van der Waals surface area contributed by atoms with Crippen molar-refractivity contribution in [3.8, 4) is 0 Å². The first-order valence-electron chi connectivity index (χ1n) is 7.14. The van der Waals surface area contributed by atoms with E-state index in [0.29, 0.717) is 6.04 Å². The smallest absolute Gasteiger partial charge is 0.324 e. The molecule has 0 unspecified atom stereocenters. The van der Waals surface area contributed by atoms with Crippen LogP contribution in [0.4, 0.5) is 0 Å². The van der Waals surface area contributed by atoms with E-state index in [9.17, 15) is 9.90 Å². The standard InChI is InChI=1S/C14H25NO2/c1-3-11-7-9-14(10-8-11,13(16)17)15(4-2)12-5-6-12/h11-12H,3-10H2,1-2H3,(H,16,17). The molecule has 2 aliphatic carbocycles. The molecule has 3 heteroatoms. The maximum Gasteiger partial charge on any atom is 0.324 e. The van der Waals surface area contributed by atoms with Crippen LogP contribution < -0.4 is 0 Å². The van der Waals surface area contributed by atoms with Gasteiger partial charge in [0.2, 0.25) is 0 Å². The minimum absolute atomic E-state index is 0.540. The Morgan fingerprint density at radius 2 is 1.82 bits per heavy atom. The molecule has 98 valence electrons. The Morgan fingerprint density at radius 3 is 2.18 bits per heavy atom. The summed E-state index contributed by atoms with van der Waals surface area (Å²) in [5.74, 6) is 0.168. The highest BCUT2D eigenvalue weighted by Gasteiger charge is 2.50. The number of carboxylic acid groups (broad SMARTS) is 1. The number of hydrogen-bond acceptors (Lipinski definition) is 2. The molecule has 2 fully saturated rings. The predicted octanol–water partition coefficient (Wildman–Crippen LogP) is 2.89. The molecule has 0 aromatic heterocycles. The molecule has 0 heterocycles. The first kappa shape index (κ1) is 12.9. The second-order valence-electron chi connectivity index (χ2n) is 5.71. The lowest BCUT2D eigenvalue weighted by Crippen LogP contribution is -2.57. The van der Waals surface area contributed by atoms with E-state index >= 15 is 0 Å². The van der Waals surface area contributed by atoms with Crippen molar-refractivity contribution in [1.82, 2.24) is 4.90 Å². The lowest BCUT2D eigenvalue weighted by atomic mass is 9.74. The van der Waals surface area contributed by atoms with E-state index in [1.807, 2.05) is 0 Å². The fourth-order valence-corrected chi connectivity index (χ4v) is 3.48. The summed E-state index contributed by atoms with van der Waals surface area (Å²) in [6.45, 7) is 5.21. The highest BCUT2D eigenvalue weighted by atomic mass is 16.4. The molecule has 0 amide bonds. The Hall–Kier alpha value is -0.570. The van der Waals surface area contributed by atoms with Gasteiger partial charge in [-0.25, -0.2) is 0 Å². The number of hydrogen-bond donors (Lipinski definition) is 1. The monoisotopic (exact) mass is 239 g/mol. The molecule has 0 spiro atoms. The van der Waals surface area contributed by atoms with Gasteiger partial charge in [0, 0.05) is 6.04 Å². The van der Waals surface area contributed by atoms with Crippen LogP contribution in [-0.4, -0.2) is 34.1 Å². The summed E-state index contributed by atoms with van der Waals surface area (Å²) < 4.78 is 0.